The molecule has 0 bridgehead atoms. The molecule has 4 rings (SSSR count). The van der Waals surface area contributed by atoms with E-state index in [2.05, 4.69) is 10.1 Å². The average molecular weight is 504 g/mol. The van der Waals surface area contributed by atoms with E-state index in [0.717, 1.165) is 36.7 Å². The van der Waals surface area contributed by atoms with Crippen LogP contribution in [0.3, 0.4) is 0 Å². The van der Waals surface area contributed by atoms with Crippen molar-refractivity contribution in [2.75, 3.05) is 19.3 Å². The Morgan fingerprint density at radius 3 is 2.53 bits per heavy atom. The van der Waals surface area contributed by atoms with E-state index in [1.165, 1.54) is 4.90 Å². The highest BCUT2D eigenvalue weighted by molar-refractivity contribution is 7.88. The van der Waals surface area contributed by atoms with Crippen LogP contribution in [0.1, 0.15) is 25.5 Å². The molecule has 1 aromatic carbocycles. The van der Waals surface area contributed by atoms with Gasteiger partial charge in [0.05, 0.1) is 36.7 Å². The third-order valence-electron chi connectivity index (χ3n) is 5.89. The smallest absolute Gasteiger partial charge is 0.282 e. The first kappa shape index (κ1) is 24.3. The van der Waals surface area contributed by atoms with Gasteiger partial charge in [0.25, 0.3) is 5.92 Å². The summed E-state index contributed by atoms with van der Waals surface area (Å²) < 4.78 is 96.9. The van der Waals surface area contributed by atoms with Crippen molar-refractivity contribution in [2.45, 2.75) is 37.3 Å². The number of oxime groups is 1. The number of hydrogen-bond acceptors (Lipinski definition) is 6. The molecule has 1 fully saturated rings. The first-order chi connectivity index (χ1) is 15.8. The molecule has 0 spiro atoms. The third-order valence-corrected chi connectivity index (χ3v) is 6.61. The monoisotopic (exact) mass is 504 g/mol. The van der Waals surface area contributed by atoms with Crippen molar-refractivity contribution < 1.29 is 35.2 Å². The van der Waals surface area contributed by atoms with Crippen LogP contribution in [0.15, 0.2) is 35.6 Å². The summed E-state index contributed by atoms with van der Waals surface area (Å²) in [6, 6.07) is 2.46. The number of likely N-dealkylation sites (tertiary alicyclic amines) is 1. The van der Waals surface area contributed by atoms with Crippen molar-refractivity contribution in [2.24, 2.45) is 5.16 Å². The Morgan fingerprint density at radius 2 is 1.91 bits per heavy atom. The summed E-state index contributed by atoms with van der Waals surface area (Å²) in [5.74, 6) is -5.99. The maximum atomic E-state index is 14.5. The van der Waals surface area contributed by atoms with Gasteiger partial charge in [-0.1, -0.05) is 18.1 Å². The fraction of sp³-hybridized carbons (Fsp3) is 0.429. The number of alkyl halides is 2. The third kappa shape index (κ3) is 4.45. The molecule has 1 aromatic heterocycles. The Kier molecular flexibility index (Phi) is 6.05. The van der Waals surface area contributed by atoms with E-state index in [9.17, 15) is 30.4 Å². The van der Waals surface area contributed by atoms with Crippen molar-refractivity contribution >= 4 is 15.9 Å². The summed E-state index contributed by atoms with van der Waals surface area (Å²) in [4.78, 5) is 10.9. The number of benzene rings is 1. The van der Waals surface area contributed by atoms with Crippen LogP contribution in [0.2, 0.25) is 0 Å². The van der Waals surface area contributed by atoms with Crippen molar-refractivity contribution in [1.82, 2.24) is 14.6 Å². The minimum atomic E-state index is -3.89. The first-order valence-electron chi connectivity index (χ1n) is 10.3. The van der Waals surface area contributed by atoms with Gasteiger partial charge in [-0.3, -0.25) is 4.98 Å². The minimum Gasteiger partial charge on any atom is -0.381 e. The second kappa shape index (κ2) is 8.45. The molecular formula is C21H21F5N4O3S. The lowest BCUT2D eigenvalue weighted by atomic mass is 9.86. The van der Waals surface area contributed by atoms with Crippen LogP contribution < -0.4 is 4.72 Å². The van der Waals surface area contributed by atoms with Gasteiger partial charge in [0, 0.05) is 12.1 Å². The number of nitrogens with one attached hydrogen (secondary N) is 1. The van der Waals surface area contributed by atoms with E-state index in [4.69, 9.17) is 4.84 Å². The zero-order valence-electron chi connectivity index (χ0n) is 18.2. The molecular weight excluding hydrogens is 483 g/mol. The lowest BCUT2D eigenvalue weighted by Gasteiger charge is -2.27. The Morgan fingerprint density at radius 1 is 1.24 bits per heavy atom. The van der Waals surface area contributed by atoms with Crippen molar-refractivity contribution in [3.05, 3.63) is 53.6 Å². The molecule has 2 aromatic rings. The quantitative estimate of drug-likeness (QED) is 0.632. The maximum absolute atomic E-state index is 14.5. The van der Waals surface area contributed by atoms with Gasteiger partial charge in [-0.2, -0.15) is 0 Å². The van der Waals surface area contributed by atoms with Gasteiger partial charge in [-0.25, -0.2) is 35.1 Å². The summed E-state index contributed by atoms with van der Waals surface area (Å²) in [5.41, 5.74) is -2.10. The molecule has 0 amide bonds. The molecule has 2 atom stereocenters. The molecule has 0 saturated carbocycles. The van der Waals surface area contributed by atoms with Crippen molar-refractivity contribution in [3.8, 4) is 11.1 Å². The number of amidine groups is 1. The second-order valence-electron chi connectivity index (χ2n) is 8.35. The lowest BCUT2D eigenvalue weighted by Crippen LogP contribution is -2.46. The molecule has 2 aliphatic rings. The summed E-state index contributed by atoms with van der Waals surface area (Å²) in [6.45, 7) is 0.499. The van der Waals surface area contributed by atoms with Crippen LogP contribution in [0.5, 0.6) is 0 Å². The molecule has 34 heavy (non-hydrogen) atoms. The minimum absolute atomic E-state index is 0.00378. The van der Waals surface area contributed by atoms with E-state index in [-0.39, 0.29) is 36.5 Å². The molecule has 13 heteroatoms. The highest BCUT2D eigenvalue weighted by atomic mass is 32.2. The van der Waals surface area contributed by atoms with Crippen LogP contribution in [0.25, 0.3) is 11.1 Å². The fourth-order valence-electron chi connectivity index (χ4n) is 4.22. The van der Waals surface area contributed by atoms with Crippen LogP contribution in [0, 0.1) is 17.5 Å². The number of pyridine rings is 1. The number of nitrogens with zero attached hydrogens (tertiary/aromatic N) is 3. The lowest BCUT2D eigenvalue weighted by molar-refractivity contribution is -0.0293. The number of aromatic nitrogens is 1. The molecule has 1 unspecified atom stereocenters. The highest BCUT2D eigenvalue weighted by Crippen LogP contribution is 2.44. The summed E-state index contributed by atoms with van der Waals surface area (Å²) >= 11 is 0. The summed E-state index contributed by atoms with van der Waals surface area (Å²) in [7, 11) is -3.89. The van der Waals surface area contributed by atoms with Gasteiger partial charge >= 0.3 is 0 Å². The molecule has 0 radical (unpaired) electrons. The van der Waals surface area contributed by atoms with E-state index in [1.54, 1.807) is 6.92 Å². The van der Waals surface area contributed by atoms with Gasteiger partial charge in [0.1, 0.15) is 29.3 Å². The van der Waals surface area contributed by atoms with Crippen molar-refractivity contribution in [1.29, 1.82) is 0 Å². The van der Waals surface area contributed by atoms with Gasteiger partial charge in [-0.15, -0.1) is 0 Å². The highest BCUT2D eigenvalue weighted by Gasteiger charge is 2.53. The van der Waals surface area contributed by atoms with Gasteiger partial charge in [-0.05, 0) is 24.6 Å². The Balaban J connectivity index is 1.68. The van der Waals surface area contributed by atoms with E-state index < -0.39 is 57.1 Å². The topological polar surface area (TPSA) is 83.9 Å². The van der Waals surface area contributed by atoms with Crippen LogP contribution in [0.4, 0.5) is 22.0 Å². The van der Waals surface area contributed by atoms with Gasteiger partial charge < -0.3 is 9.74 Å². The molecule has 0 aliphatic carbocycles. The number of hydrogen-bond donors (Lipinski definition) is 1. The van der Waals surface area contributed by atoms with E-state index in [0.29, 0.717) is 0 Å². The molecule has 1 N–H and O–H groups in total. The normalized spacial score (nSPS) is 24.3. The predicted octanol–water partition coefficient (Wildman–Crippen LogP) is 3.37. The largest absolute Gasteiger partial charge is 0.381 e. The van der Waals surface area contributed by atoms with Crippen LogP contribution in [-0.2, 0) is 20.5 Å². The Bertz CT molecular complexity index is 1240. The zero-order chi connectivity index (χ0) is 24.9. The summed E-state index contributed by atoms with van der Waals surface area (Å²) in [5, 5.41) is 3.93. The number of halogens is 5. The first-order valence-corrected chi connectivity index (χ1v) is 12.2. The zero-order valence-corrected chi connectivity index (χ0v) is 19.0. The molecule has 2 aliphatic heterocycles. The standard InChI is InChI=1S/C21H21F5N4O3S/c1-3-20(19-13(7-12(22)9-27-19)18-14(23)5-4-6-15(18)24)8-17(28-33-20)30-10-16(21(25,26)11-30)29-34(2,31)32/h4-7,9,16,29H,3,8,10-11H2,1-2H3/t16-,20?/m1/s1. The number of sulfonamides is 1. The van der Waals surface area contributed by atoms with Gasteiger partial charge in [0.15, 0.2) is 5.60 Å². The molecule has 7 nitrogen and oxygen atoms in total. The van der Waals surface area contributed by atoms with E-state index in [1.807, 2.05) is 4.72 Å². The molecule has 3 heterocycles. The van der Waals surface area contributed by atoms with Crippen LogP contribution >= 0.6 is 0 Å². The predicted molar refractivity (Wildman–Crippen MR) is 113 cm³/mol. The average Bonchev–Trinajstić information content (AvgIpc) is 3.29. The molecule has 1 saturated heterocycles. The van der Waals surface area contributed by atoms with E-state index >= 15 is 0 Å². The Labute approximate surface area is 192 Å². The number of rotatable bonds is 5. The Hall–Kier alpha value is -2.80. The summed E-state index contributed by atoms with van der Waals surface area (Å²) in [6.07, 6.45) is 1.71. The van der Waals surface area contributed by atoms with Crippen LogP contribution in [-0.4, -0.2) is 55.4 Å². The second-order valence-corrected chi connectivity index (χ2v) is 10.1. The van der Waals surface area contributed by atoms with Crippen molar-refractivity contribution in [3.63, 3.8) is 0 Å². The molecule has 184 valence electrons. The van der Waals surface area contributed by atoms with Gasteiger partial charge in [0.2, 0.25) is 10.0 Å². The SMILES string of the molecule is CCC1(c2ncc(F)cc2-c2c(F)cccc2F)CC(N2C[C@@H](NS(C)(=O)=O)C(F)(F)C2)=NO1. The fourth-order valence-corrected chi connectivity index (χ4v) is 4.99. The maximum Gasteiger partial charge on any atom is 0.282 e.